The van der Waals surface area contributed by atoms with Gasteiger partial charge in [0.15, 0.2) is 0 Å². The Balaban J connectivity index is 2.23. The zero-order chi connectivity index (χ0) is 21.9. The molecule has 0 aromatic carbocycles. The summed E-state index contributed by atoms with van der Waals surface area (Å²) in [4.78, 5) is 11.7. The summed E-state index contributed by atoms with van der Waals surface area (Å²) in [6.45, 7) is 3.74. The van der Waals surface area contributed by atoms with E-state index in [2.05, 4.69) is 6.58 Å². The molecule has 1 N–H and O–H groups in total. The first kappa shape index (κ1) is 22.8. The molecule has 0 amide bonds. The first-order valence-electron chi connectivity index (χ1n) is 8.17. The van der Waals surface area contributed by atoms with Crippen molar-refractivity contribution in [2.24, 2.45) is 17.8 Å². The topological polar surface area (TPSA) is 46.5 Å². The molecule has 2 rings (SSSR count). The Morgan fingerprint density at radius 2 is 1.57 bits per heavy atom. The molecule has 0 saturated heterocycles. The van der Waals surface area contributed by atoms with Crippen LogP contribution in [0, 0.1) is 17.8 Å². The highest BCUT2D eigenvalue weighted by atomic mass is 19.4. The third-order valence-electron chi connectivity index (χ3n) is 5.68. The maximum absolute atomic E-state index is 12.9. The fourth-order valence-electron chi connectivity index (χ4n) is 4.38. The van der Waals surface area contributed by atoms with Crippen molar-refractivity contribution >= 4 is 5.97 Å². The van der Waals surface area contributed by atoms with Crippen LogP contribution in [-0.4, -0.2) is 40.8 Å². The van der Waals surface area contributed by atoms with E-state index >= 15 is 0 Å². The molecule has 28 heavy (non-hydrogen) atoms. The van der Waals surface area contributed by atoms with E-state index in [1.54, 1.807) is 0 Å². The maximum atomic E-state index is 12.9. The van der Waals surface area contributed by atoms with Crippen LogP contribution >= 0.6 is 0 Å². The van der Waals surface area contributed by atoms with Crippen LogP contribution < -0.4 is 0 Å². The lowest BCUT2D eigenvalue weighted by Crippen LogP contribution is -2.58. The van der Waals surface area contributed by atoms with Crippen molar-refractivity contribution in [1.82, 2.24) is 0 Å². The molecule has 4 unspecified atom stereocenters. The van der Waals surface area contributed by atoms with E-state index in [-0.39, 0.29) is 19.3 Å². The van der Waals surface area contributed by atoms with Crippen LogP contribution in [0.2, 0.25) is 0 Å². The Morgan fingerprint density at radius 1 is 1.07 bits per heavy atom. The minimum absolute atomic E-state index is 0.00150. The molecule has 0 heterocycles. The number of hydrogen-bond donors (Lipinski definition) is 1. The van der Waals surface area contributed by atoms with Crippen LogP contribution in [-0.2, 0) is 9.53 Å². The van der Waals surface area contributed by atoms with Gasteiger partial charge in [0.1, 0.15) is 11.2 Å². The van der Waals surface area contributed by atoms with Crippen LogP contribution in [0.25, 0.3) is 0 Å². The summed E-state index contributed by atoms with van der Waals surface area (Å²) in [5.74, 6) is -4.66. The monoisotopic (exact) mass is 428 g/mol. The lowest BCUT2D eigenvalue weighted by molar-refractivity contribution is -0.374. The molecule has 0 radical (unpaired) electrons. The molecular formula is C16H17F9O3. The van der Waals surface area contributed by atoms with Crippen LogP contribution in [0.5, 0.6) is 0 Å². The van der Waals surface area contributed by atoms with Crippen molar-refractivity contribution < 1.29 is 54.2 Å². The molecule has 4 atom stereocenters. The van der Waals surface area contributed by atoms with Crippen molar-refractivity contribution in [3.05, 3.63) is 12.2 Å². The van der Waals surface area contributed by atoms with Gasteiger partial charge in [-0.3, -0.25) is 0 Å². The zero-order valence-corrected chi connectivity index (χ0v) is 14.4. The number of hydrogen-bond acceptors (Lipinski definition) is 3. The molecule has 2 aliphatic rings. The Labute approximate surface area is 153 Å². The highest BCUT2D eigenvalue weighted by molar-refractivity contribution is 5.89. The van der Waals surface area contributed by atoms with E-state index < -0.39 is 65.4 Å². The number of fused-ring (bicyclic) bond motifs is 2. The molecule has 12 heteroatoms. The number of carbonyl (C=O) groups is 1. The third-order valence-corrected chi connectivity index (χ3v) is 5.68. The van der Waals surface area contributed by atoms with Gasteiger partial charge in [0, 0.05) is 5.92 Å². The number of rotatable bonds is 4. The van der Waals surface area contributed by atoms with Crippen LogP contribution in [0.1, 0.15) is 32.6 Å². The van der Waals surface area contributed by atoms with E-state index in [1.807, 2.05) is 0 Å². The summed E-state index contributed by atoms with van der Waals surface area (Å²) < 4.78 is 120. The Kier molecular flexibility index (Phi) is 5.32. The first-order valence-corrected chi connectivity index (χ1v) is 8.17. The van der Waals surface area contributed by atoms with E-state index in [0.717, 1.165) is 0 Å². The van der Waals surface area contributed by atoms with Crippen LogP contribution in [0.3, 0.4) is 0 Å². The lowest BCUT2D eigenvalue weighted by Gasteiger charge is -2.42. The van der Waals surface area contributed by atoms with Gasteiger partial charge in [-0.05, 0) is 44.4 Å². The molecule has 162 valence electrons. The van der Waals surface area contributed by atoms with Gasteiger partial charge in [0.25, 0.3) is 5.60 Å². The summed E-state index contributed by atoms with van der Waals surface area (Å²) in [7, 11) is 0. The van der Waals surface area contributed by atoms with Gasteiger partial charge in [-0.1, -0.05) is 6.58 Å². The minimum Gasteiger partial charge on any atom is -0.455 e. The van der Waals surface area contributed by atoms with Crippen LogP contribution in [0.4, 0.5) is 39.5 Å². The Bertz CT molecular complexity index is 635. The van der Waals surface area contributed by atoms with E-state index in [9.17, 15) is 49.4 Å². The van der Waals surface area contributed by atoms with Gasteiger partial charge in [-0.2, -0.15) is 39.5 Å². The normalized spacial score (nSPS) is 31.2. The predicted octanol–water partition coefficient (Wildman–Crippen LogP) is 4.70. The number of ether oxygens (including phenoxy) is 1. The maximum Gasteiger partial charge on any atom is 0.426 e. The second-order valence-electron chi connectivity index (χ2n) is 7.65. The summed E-state index contributed by atoms with van der Waals surface area (Å²) in [6, 6.07) is 0. The highest BCUT2D eigenvalue weighted by Crippen LogP contribution is 2.59. The highest BCUT2D eigenvalue weighted by Gasteiger charge is 2.72. The number of esters is 1. The molecule has 2 bridgehead atoms. The van der Waals surface area contributed by atoms with E-state index in [4.69, 9.17) is 4.74 Å². The number of aliphatic hydroxyl groups is 1. The molecule has 3 nitrogen and oxygen atoms in total. The summed E-state index contributed by atoms with van der Waals surface area (Å²) in [5, 5.41) is 9.40. The van der Waals surface area contributed by atoms with Crippen LogP contribution in [0.15, 0.2) is 12.2 Å². The SMILES string of the molecule is C=C(C(=O)OC1(C)CC2CC(CC(O)(C(F)(F)F)C(F)(F)F)C1C2)C(F)(F)F. The standard InChI is InChI=1S/C16H17F9O3/c1-7(14(17,18)19)11(26)28-12(2)5-8-3-9(10(12)4-8)6-13(27,15(20,21)22)16(23,24)25/h8-10,27H,1,3-6H2,2H3. The van der Waals surface area contributed by atoms with Gasteiger partial charge in [-0.25, -0.2) is 4.79 Å². The number of halogens is 9. The van der Waals surface area contributed by atoms with E-state index in [0.29, 0.717) is 0 Å². The largest absolute Gasteiger partial charge is 0.455 e. The Morgan fingerprint density at radius 3 is 1.96 bits per heavy atom. The van der Waals surface area contributed by atoms with Crippen molar-refractivity contribution in [3.8, 4) is 0 Å². The lowest BCUT2D eigenvalue weighted by atomic mass is 9.73. The second kappa shape index (κ2) is 6.53. The molecule has 0 spiro atoms. The summed E-state index contributed by atoms with van der Waals surface area (Å²) in [5.41, 5.74) is -8.47. The molecule has 2 fully saturated rings. The Hall–Kier alpha value is -1.46. The fourth-order valence-corrected chi connectivity index (χ4v) is 4.38. The minimum atomic E-state index is -6.00. The van der Waals surface area contributed by atoms with E-state index in [1.165, 1.54) is 6.92 Å². The zero-order valence-electron chi connectivity index (χ0n) is 14.4. The van der Waals surface area contributed by atoms with Gasteiger partial charge in [-0.15, -0.1) is 0 Å². The second-order valence-corrected chi connectivity index (χ2v) is 7.65. The average Bonchev–Trinajstić information content (AvgIpc) is 2.99. The average molecular weight is 428 g/mol. The molecule has 2 saturated carbocycles. The summed E-state index contributed by atoms with van der Waals surface area (Å²) >= 11 is 0. The number of carbonyl (C=O) groups excluding carboxylic acids is 1. The predicted molar refractivity (Wildman–Crippen MR) is 75.7 cm³/mol. The molecule has 0 aliphatic heterocycles. The first-order chi connectivity index (χ1) is 12.3. The quantitative estimate of drug-likeness (QED) is 0.401. The van der Waals surface area contributed by atoms with Gasteiger partial charge in [0.05, 0.1) is 0 Å². The number of alkyl halides is 9. The molecule has 2 aliphatic carbocycles. The van der Waals surface area contributed by atoms with Gasteiger partial charge < -0.3 is 9.84 Å². The summed E-state index contributed by atoms with van der Waals surface area (Å²) in [6.07, 6.45) is -18.8. The van der Waals surface area contributed by atoms with Crippen molar-refractivity contribution in [1.29, 1.82) is 0 Å². The molecule has 0 aromatic heterocycles. The van der Waals surface area contributed by atoms with Crippen molar-refractivity contribution in [3.63, 3.8) is 0 Å². The fraction of sp³-hybridized carbons (Fsp3) is 0.812. The van der Waals surface area contributed by atoms with Gasteiger partial charge in [0.2, 0.25) is 0 Å². The van der Waals surface area contributed by atoms with Crippen molar-refractivity contribution in [2.45, 2.75) is 62.3 Å². The molecule has 0 aromatic rings. The van der Waals surface area contributed by atoms with Gasteiger partial charge >= 0.3 is 24.5 Å². The third kappa shape index (κ3) is 3.84. The smallest absolute Gasteiger partial charge is 0.426 e. The molecular weight excluding hydrogens is 411 g/mol. The van der Waals surface area contributed by atoms with Crippen molar-refractivity contribution in [2.75, 3.05) is 0 Å².